The molecule has 0 unspecified atom stereocenters. The Kier molecular flexibility index (Phi) is 5.92. The highest BCUT2D eigenvalue weighted by Gasteiger charge is 2.31. The summed E-state index contributed by atoms with van der Waals surface area (Å²) in [6.45, 7) is 0.294. The van der Waals surface area contributed by atoms with Crippen molar-refractivity contribution in [3.63, 3.8) is 0 Å². The average Bonchev–Trinajstić information content (AvgIpc) is 3.14. The van der Waals surface area contributed by atoms with Crippen LogP contribution in [0.3, 0.4) is 0 Å². The van der Waals surface area contributed by atoms with Crippen LogP contribution in [0, 0.1) is 0 Å². The van der Waals surface area contributed by atoms with Gasteiger partial charge in [0.05, 0.1) is 18.4 Å². The highest BCUT2D eigenvalue weighted by molar-refractivity contribution is 6.31. The molecule has 0 aliphatic carbocycles. The molecule has 1 aromatic heterocycles. The van der Waals surface area contributed by atoms with E-state index in [4.69, 9.17) is 11.6 Å². The molecule has 0 bridgehead atoms. The van der Waals surface area contributed by atoms with Crippen LogP contribution in [-0.4, -0.2) is 34.2 Å². The zero-order valence-electron chi connectivity index (χ0n) is 14.9. The van der Waals surface area contributed by atoms with E-state index in [0.717, 1.165) is 0 Å². The third kappa shape index (κ3) is 5.38. The Hall–Kier alpha value is -3.27. The lowest BCUT2D eigenvalue weighted by Crippen LogP contribution is -2.17. The van der Waals surface area contributed by atoms with Crippen molar-refractivity contribution < 1.29 is 27.4 Å². The molecule has 0 saturated carbocycles. The van der Waals surface area contributed by atoms with Crippen molar-refractivity contribution in [3.05, 3.63) is 64.9 Å². The topological polar surface area (TPSA) is 78.3 Å². The van der Waals surface area contributed by atoms with E-state index < -0.39 is 12.3 Å². The normalized spacial score (nSPS) is 11.2. The zero-order valence-corrected chi connectivity index (χ0v) is 15.7. The van der Waals surface area contributed by atoms with Gasteiger partial charge >= 0.3 is 12.3 Å². The largest absolute Gasteiger partial charge is 0.573 e. The van der Waals surface area contributed by atoms with E-state index in [-0.39, 0.29) is 11.7 Å². The van der Waals surface area contributed by atoms with Gasteiger partial charge in [-0.25, -0.2) is 14.5 Å². The summed E-state index contributed by atoms with van der Waals surface area (Å²) in [5.41, 5.74) is 1.55. The van der Waals surface area contributed by atoms with Gasteiger partial charge in [-0.15, -0.1) is 18.3 Å². The number of rotatable bonds is 6. The van der Waals surface area contributed by atoms with Gasteiger partial charge in [0.15, 0.2) is 0 Å². The standard InChI is InChI=1S/C18H14ClF3N4O3/c1-28-16(27)11-2-3-12(15(19)8-11)9-23-17-24-10-26(25-17)13-4-6-14(7-5-13)29-18(20,21)22/h2-8,10H,9H2,1H3,(H,23,25). The third-order valence-electron chi connectivity index (χ3n) is 3.74. The van der Waals surface area contributed by atoms with Crippen molar-refractivity contribution in [2.75, 3.05) is 12.4 Å². The van der Waals surface area contributed by atoms with E-state index in [2.05, 4.69) is 24.9 Å². The van der Waals surface area contributed by atoms with Crippen LogP contribution in [0.15, 0.2) is 48.8 Å². The number of nitrogens with zero attached hydrogens (tertiary/aromatic N) is 3. The van der Waals surface area contributed by atoms with E-state index in [0.29, 0.717) is 28.4 Å². The minimum Gasteiger partial charge on any atom is -0.465 e. The Balaban J connectivity index is 1.64. The number of alkyl halides is 3. The van der Waals surface area contributed by atoms with Crippen LogP contribution < -0.4 is 10.1 Å². The summed E-state index contributed by atoms with van der Waals surface area (Å²) in [4.78, 5) is 15.6. The Morgan fingerprint density at radius 3 is 2.55 bits per heavy atom. The van der Waals surface area contributed by atoms with Gasteiger partial charge in [0, 0.05) is 11.6 Å². The van der Waals surface area contributed by atoms with Gasteiger partial charge in [0.1, 0.15) is 12.1 Å². The number of esters is 1. The Bertz CT molecular complexity index is 1010. The summed E-state index contributed by atoms with van der Waals surface area (Å²) in [5, 5.41) is 7.56. The molecule has 1 N–H and O–H groups in total. The van der Waals surface area contributed by atoms with Gasteiger partial charge in [-0.1, -0.05) is 17.7 Å². The minimum absolute atomic E-state index is 0.286. The molecule has 1 heterocycles. The van der Waals surface area contributed by atoms with E-state index in [1.807, 2.05) is 0 Å². The summed E-state index contributed by atoms with van der Waals surface area (Å²) < 4.78 is 46.5. The van der Waals surface area contributed by atoms with Gasteiger partial charge in [0.25, 0.3) is 0 Å². The van der Waals surface area contributed by atoms with Gasteiger partial charge in [-0.05, 0) is 42.0 Å². The van der Waals surface area contributed by atoms with Crippen molar-refractivity contribution in [2.24, 2.45) is 0 Å². The number of carbonyl (C=O) groups excluding carboxylic acids is 1. The molecule has 29 heavy (non-hydrogen) atoms. The molecule has 0 aliphatic heterocycles. The van der Waals surface area contributed by atoms with Crippen molar-refractivity contribution in [1.29, 1.82) is 0 Å². The second kappa shape index (κ2) is 8.39. The molecule has 0 saturated heterocycles. The summed E-state index contributed by atoms with van der Waals surface area (Å²) in [6.07, 6.45) is -3.34. The number of nitrogens with one attached hydrogen (secondary N) is 1. The number of carbonyl (C=O) groups is 1. The zero-order chi connectivity index (χ0) is 21.0. The predicted octanol–water partition coefficient (Wildman–Crippen LogP) is 4.22. The molecule has 0 spiro atoms. The minimum atomic E-state index is -4.75. The molecule has 0 radical (unpaired) electrons. The number of methoxy groups -OCH3 is 1. The van der Waals surface area contributed by atoms with E-state index in [9.17, 15) is 18.0 Å². The first kappa shape index (κ1) is 20.5. The van der Waals surface area contributed by atoms with Crippen LogP contribution in [-0.2, 0) is 11.3 Å². The van der Waals surface area contributed by atoms with Crippen LogP contribution in [0.25, 0.3) is 5.69 Å². The fourth-order valence-electron chi connectivity index (χ4n) is 2.38. The summed E-state index contributed by atoms with van der Waals surface area (Å²) in [7, 11) is 1.28. The monoisotopic (exact) mass is 426 g/mol. The molecule has 0 aliphatic rings. The SMILES string of the molecule is COC(=O)c1ccc(CNc2ncn(-c3ccc(OC(F)(F)F)cc3)n2)c(Cl)c1. The first-order chi connectivity index (χ1) is 13.7. The van der Waals surface area contributed by atoms with Gasteiger partial charge in [0.2, 0.25) is 5.95 Å². The highest BCUT2D eigenvalue weighted by Crippen LogP contribution is 2.24. The second-order valence-corrected chi connectivity index (χ2v) is 6.11. The van der Waals surface area contributed by atoms with Crippen molar-refractivity contribution in [1.82, 2.24) is 14.8 Å². The van der Waals surface area contributed by atoms with Crippen LogP contribution >= 0.6 is 11.6 Å². The molecule has 0 fully saturated rings. The van der Waals surface area contributed by atoms with Gasteiger partial charge in [-0.3, -0.25) is 0 Å². The maximum Gasteiger partial charge on any atom is 0.573 e. The molecule has 152 valence electrons. The van der Waals surface area contributed by atoms with Crippen molar-refractivity contribution in [2.45, 2.75) is 12.9 Å². The highest BCUT2D eigenvalue weighted by atomic mass is 35.5. The lowest BCUT2D eigenvalue weighted by atomic mass is 10.1. The number of hydrogen-bond acceptors (Lipinski definition) is 6. The fourth-order valence-corrected chi connectivity index (χ4v) is 2.63. The first-order valence-corrected chi connectivity index (χ1v) is 8.51. The number of halogens is 4. The Morgan fingerprint density at radius 2 is 1.93 bits per heavy atom. The van der Waals surface area contributed by atoms with Gasteiger partial charge < -0.3 is 14.8 Å². The molecule has 0 atom stereocenters. The summed E-state index contributed by atoms with van der Waals surface area (Å²) in [5.74, 6) is -0.531. The van der Waals surface area contributed by atoms with Crippen LogP contribution in [0.1, 0.15) is 15.9 Å². The lowest BCUT2D eigenvalue weighted by molar-refractivity contribution is -0.274. The van der Waals surface area contributed by atoms with E-state index >= 15 is 0 Å². The Labute approximate surface area is 168 Å². The smallest absolute Gasteiger partial charge is 0.465 e. The molecular formula is C18H14ClF3N4O3. The molecule has 2 aromatic carbocycles. The third-order valence-corrected chi connectivity index (χ3v) is 4.09. The van der Waals surface area contributed by atoms with Gasteiger partial charge in [-0.2, -0.15) is 0 Å². The molecule has 3 aromatic rings. The molecule has 0 amide bonds. The quantitative estimate of drug-likeness (QED) is 0.595. The maximum atomic E-state index is 12.2. The lowest BCUT2D eigenvalue weighted by Gasteiger charge is -2.09. The summed E-state index contributed by atoms with van der Waals surface area (Å²) >= 11 is 6.17. The fraction of sp³-hybridized carbons (Fsp3) is 0.167. The molecular weight excluding hydrogens is 413 g/mol. The number of ether oxygens (including phenoxy) is 2. The maximum absolute atomic E-state index is 12.2. The predicted molar refractivity (Wildman–Crippen MR) is 98.2 cm³/mol. The number of hydrogen-bond donors (Lipinski definition) is 1. The molecule has 3 rings (SSSR count). The van der Waals surface area contributed by atoms with Crippen LogP contribution in [0.5, 0.6) is 5.75 Å². The van der Waals surface area contributed by atoms with E-state index in [1.54, 1.807) is 12.1 Å². The van der Waals surface area contributed by atoms with Crippen LogP contribution in [0.4, 0.5) is 19.1 Å². The van der Waals surface area contributed by atoms with E-state index in [1.165, 1.54) is 48.5 Å². The summed E-state index contributed by atoms with van der Waals surface area (Å²) in [6, 6.07) is 9.97. The molecule has 11 heteroatoms. The van der Waals surface area contributed by atoms with Crippen molar-refractivity contribution in [3.8, 4) is 11.4 Å². The van der Waals surface area contributed by atoms with Crippen molar-refractivity contribution >= 4 is 23.5 Å². The number of aromatic nitrogens is 3. The second-order valence-electron chi connectivity index (χ2n) is 5.71. The number of benzene rings is 2. The molecule has 7 nitrogen and oxygen atoms in total. The Morgan fingerprint density at radius 1 is 1.21 bits per heavy atom. The average molecular weight is 427 g/mol. The van der Waals surface area contributed by atoms with Crippen LogP contribution in [0.2, 0.25) is 5.02 Å². The first-order valence-electron chi connectivity index (χ1n) is 8.13. The number of anilines is 1.